The van der Waals surface area contributed by atoms with E-state index in [0.29, 0.717) is 4.88 Å². The fourth-order valence-corrected chi connectivity index (χ4v) is 1.91. The van der Waals surface area contributed by atoms with Gasteiger partial charge in [-0.1, -0.05) is 12.1 Å². The van der Waals surface area contributed by atoms with Crippen molar-refractivity contribution in [2.75, 3.05) is 5.32 Å². The predicted molar refractivity (Wildman–Crippen MR) is 66.0 cm³/mol. The van der Waals surface area contributed by atoms with Crippen molar-refractivity contribution < 1.29 is 4.79 Å². The Kier molecular flexibility index (Phi) is 3.01. The van der Waals surface area contributed by atoms with E-state index in [1.54, 1.807) is 11.7 Å². The van der Waals surface area contributed by atoms with Crippen LogP contribution in [0.25, 0.3) is 0 Å². The molecule has 0 unspecified atom stereocenters. The Labute approximate surface area is 98.2 Å². The van der Waals surface area contributed by atoms with Crippen LogP contribution < -0.4 is 5.32 Å². The van der Waals surface area contributed by atoms with Gasteiger partial charge in [0.1, 0.15) is 4.88 Å². The zero-order valence-electron chi connectivity index (χ0n) is 9.15. The number of carbonyl (C=O) groups excluding carboxylic acids is 1. The molecule has 1 heterocycles. The molecule has 3 nitrogen and oxygen atoms in total. The summed E-state index contributed by atoms with van der Waals surface area (Å²) in [5, 5.41) is 2.88. The minimum absolute atomic E-state index is 0.101. The maximum Gasteiger partial charge on any atom is 0.267 e. The number of amides is 1. The number of hydrogen-bond donors (Lipinski definition) is 1. The van der Waals surface area contributed by atoms with Gasteiger partial charge in [0.2, 0.25) is 0 Å². The SMILES string of the molecule is Cc1cccc(NC(=O)c2cncs2)c1C. The third kappa shape index (κ3) is 2.12. The first kappa shape index (κ1) is 10.8. The van der Waals surface area contributed by atoms with Crippen LogP contribution in [0.4, 0.5) is 5.69 Å². The third-order valence-corrected chi connectivity index (χ3v) is 3.28. The Morgan fingerprint density at radius 2 is 2.19 bits per heavy atom. The highest BCUT2D eigenvalue weighted by Crippen LogP contribution is 2.19. The molecule has 0 aliphatic carbocycles. The van der Waals surface area contributed by atoms with E-state index in [-0.39, 0.29) is 5.91 Å². The Morgan fingerprint density at radius 1 is 1.38 bits per heavy atom. The van der Waals surface area contributed by atoms with Gasteiger partial charge >= 0.3 is 0 Å². The lowest BCUT2D eigenvalue weighted by Crippen LogP contribution is -2.11. The highest BCUT2D eigenvalue weighted by atomic mass is 32.1. The van der Waals surface area contributed by atoms with Crippen LogP contribution >= 0.6 is 11.3 Å². The van der Waals surface area contributed by atoms with Crippen LogP contribution in [0, 0.1) is 13.8 Å². The molecule has 82 valence electrons. The van der Waals surface area contributed by atoms with Crippen LogP contribution in [-0.2, 0) is 0 Å². The van der Waals surface area contributed by atoms with E-state index in [9.17, 15) is 4.79 Å². The minimum Gasteiger partial charge on any atom is -0.321 e. The number of anilines is 1. The van der Waals surface area contributed by atoms with Crippen molar-refractivity contribution in [3.63, 3.8) is 0 Å². The van der Waals surface area contributed by atoms with Gasteiger partial charge in [-0.15, -0.1) is 11.3 Å². The molecule has 1 aromatic carbocycles. The van der Waals surface area contributed by atoms with E-state index in [1.807, 2.05) is 32.0 Å². The number of rotatable bonds is 2. The lowest BCUT2D eigenvalue weighted by molar-refractivity contribution is 0.103. The lowest BCUT2D eigenvalue weighted by atomic mass is 10.1. The number of aryl methyl sites for hydroxylation is 1. The van der Waals surface area contributed by atoms with E-state index in [0.717, 1.165) is 11.3 Å². The average molecular weight is 232 g/mol. The van der Waals surface area contributed by atoms with Gasteiger partial charge in [-0.25, -0.2) is 0 Å². The number of carbonyl (C=O) groups is 1. The molecule has 4 heteroatoms. The lowest BCUT2D eigenvalue weighted by Gasteiger charge is -2.08. The first-order chi connectivity index (χ1) is 7.68. The normalized spacial score (nSPS) is 10.1. The molecule has 1 N–H and O–H groups in total. The average Bonchev–Trinajstić information content (AvgIpc) is 2.78. The Hall–Kier alpha value is -1.68. The zero-order chi connectivity index (χ0) is 11.5. The quantitative estimate of drug-likeness (QED) is 0.864. The molecule has 16 heavy (non-hydrogen) atoms. The second-order valence-electron chi connectivity index (χ2n) is 3.57. The maximum absolute atomic E-state index is 11.8. The summed E-state index contributed by atoms with van der Waals surface area (Å²) in [5.74, 6) is -0.101. The second-order valence-corrected chi connectivity index (χ2v) is 4.45. The monoisotopic (exact) mass is 232 g/mol. The van der Waals surface area contributed by atoms with Crippen LogP contribution in [-0.4, -0.2) is 10.9 Å². The molecule has 0 saturated heterocycles. The van der Waals surface area contributed by atoms with Crippen molar-refractivity contribution in [1.82, 2.24) is 4.98 Å². The summed E-state index contributed by atoms with van der Waals surface area (Å²) in [6, 6.07) is 5.86. The summed E-state index contributed by atoms with van der Waals surface area (Å²) >= 11 is 1.34. The molecule has 0 saturated carbocycles. The second kappa shape index (κ2) is 4.45. The van der Waals surface area contributed by atoms with Gasteiger partial charge in [-0.2, -0.15) is 0 Å². The Balaban J connectivity index is 2.22. The van der Waals surface area contributed by atoms with Crippen molar-refractivity contribution >= 4 is 22.9 Å². The topological polar surface area (TPSA) is 42.0 Å². The Bertz CT molecular complexity index is 506. The molecule has 0 aliphatic heterocycles. The van der Waals surface area contributed by atoms with E-state index < -0.39 is 0 Å². The molecule has 0 atom stereocenters. The van der Waals surface area contributed by atoms with E-state index in [2.05, 4.69) is 10.3 Å². The van der Waals surface area contributed by atoms with Crippen LogP contribution in [0.5, 0.6) is 0 Å². The highest BCUT2D eigenvalue weighted by Gasteiger charge is 2.09. The van der Waals surface area contributed by atoms with Crippen molar-refractivity contribution in [2.24, 2.45) is 0 Å². The predicted octanol–water partition coefficient (Wildman–Crippen LogP) is 3.01. The van der Waals surface area contributed by atoms with Crippen LogP contribution in [0.1, 0.15) is 20.8 Å². The van der Waals surface area contributed by atoms with Crippen molar-refractivity contribution in [3.05, 3.63) is 45.9 Å². The Morgan fingerprint density at radius 3 is 2.88 bits per heavy atom. The molecule has 2 aromatic rings. The van der Waals surface area contributed by atoms with Crippen molar-refractivity contribution in [3.8, 4) is 0 Å². The fourth-order valence-electron chi connectivity index (χ4n) is 1.40. The molecule has 1 amide bonds. The molecule has 0 radical (unpaired) electrons. The maximum atomic E-state index is 11.8. The first-order valence-electron chi connectivity index (χ1n) is 4.94. The van der Waals surface area contributed by atoms with Gasteiger partial charge in [0.25, 0.3) is 5.91 Å². The summed E-state index contributed by atoms with van der Waals surface area (Å²) in [6.07, 6.45) is 1.57. The third-order valence-electron chi connectivity index (χ3n) is 2.51. The number of nitrogens with zero attached hydrogens (tertiary/aromatic N) is 1. The van der Waals surface area contributed by atoms with E-state index in [4.69, 9.17) is 0 Å². The molecule has 2 rings (SSSR count). The summed E-state index contributed by atoms with van der Waals surface area (Å²) in [7, 11) is 0. The van der Waals surface area contributed by atoms with E-state index >= 15 is 0 Å². The fraction of sp³-hybridized carbons (Fsp3) is 0.167. The molecule has 0 aliphatic rings. The van der Waals surface area contributed by atoms with Gasteiger partial charge in [-0.3, -0.25) is 9.78 Å². The standard InChI is InChI=1S/C12H12N2OS/c1-8-4-3-5-10(9(8)2)14-12(15)11-6-13-7-16-11/h3-7H,1-2H3,(H,14,15). The minimum atomic E-state index is -0.101. The smallest absolute Gasteiger partial charge is 0.267 e. The summed E-state index contributed by atoms with van der Waals surface area (Å²) in [6.45, 7) is 4.02. The molecule has 1 aromatic heterocycles. The van der Waals surface area contributed by atoms with Crippen molar-refractivity contribution in [2.45, 2.75) is 13.8 Å². The first-order valence-corrected chi connectivity index (χ1v) is 5.82. The highest BCUT2D eigenvalue weighted by molar-refractivity contribution is 7.11. The van der Waals surface area contributed by atoms with Gasteiger partial charge in [0.05, 0.1) is 11.7 Å². The summed E-state index contributed by atoms with van der Waals surface area (Å²) in [4.78, 5) is 16.3. The summed E-state index contributed by atoms with van der Waals surface area (Å²) in [5.41, 5.74) is 4.78. The van der Waals surface area contributed by atoms with Crippen LogP contribution in [0.15, 0.2) is 29.9 Å². The molecular formula is C12H12N2OS. The molecule has 0 fully saturated rings. The largest absolute Gasteiger partial charge is 0.321 e. The molecule has 0 spiro atoms. The van der Waals surface area contributed by atoms with Gasteiger partial charge in [0.15, 0.2) is 0 Å². The molecule has 0 bridgehead atoms. The summed E-state index contributed by atoms with van der Waals surface area (Å²) < 4.78 is 0. The van der Waals surface area contributed by atoms with Crippen molar-refractivity contribution in [1.29, 1.82) is 0 Å². The van der Waals surface area contributed by atoms with Gasteiger partial charge < -0.3 is 5.32 Å². The molecular weight excluding hydrogens is 220 g/mol. The number of hydrogen-bond acceptors (Lipinski definition) is 3. The number of aromatic nitrogens is 1. The van der Waals surface area contributed by atoms with Crippen LogP contribution in [0.3, 0.4) is 0 Å². The number of nitrogens with one attached hydrogen (secondary N) is 1. The van der Waals surface area contributed by atoms with Gasteiger partial charge in [0, 0.05) is 5.69 Å². The zero-order valence-corrected chi connectivity index (χ0v) is 9.97. The number of thiazole rings is 1. The van der Waals surface area contributed by atoms with E-state index in [1.165, 1.54) is 16.9 Å². The van der Waals surface area contributed by atoms with Crippen LogP contribution in [0.2, 0.25) is 0 Å². The van der Waals surface area contributed by atoms with Gasteiger partial charge in [-0.05, 0) is 31.0 Å². The number of benzene rings is 1.